The normalized spacial score (nSPS) is 17.6. The molecule has 1 fully saturated rings. The summed E-state index contributed by atoms with van der Waals surface area (Å²) in [4.78, 5) is 38.0. The summed E-state index contributed by atoms with van der Waals surface area (Å²) >= 11 is 0. The van der Waals surface area contributed by atoms with Gasteiger partial charge >= 0.3 is 5.97 Å². The predicted molar refractivity (Wildman–Crippen MR) is 105 cm³/mol. The van der Waals surface area contributed by atoms with Crippen LogP contribution < -0.4 is 10.1 Å². The zero-order valence-electron chi connectivity index (χ0n) is 16.6. The molecule has 0 aliphatic carbocycles. The molecule has 0 bridgehead atoms. The fraction of sp³-hybridized carbons (Fsp3) is 0.571. The number of aliphatic carboxylic acids is 1. The van der Waals surface area contributed by atoms with Gasteiger partial charge in [0.2, 0.25) is 11.8 Å². The highest BCUT2D eigenvalue weighted by Gasteiger charge is 2.31. The third-order valence-electron chi connectivity index (χ3n) is 5.02. The first-order valence-electron chi connectivity index (χ1n) is 9.98. The minimum Gasteiger partial charge on any atom is -0.494 e. The van der Waals surface area contributed by atoms with E-state index in [0.29, 0.717) is 32.4 Å². The molecular formula is C21H30N2O5. The Kier molecular flexibility index (Phi) is 8.29. The van der Waals surface area contributed by atoms with Crippen LogP contribution >= 0.6 is 0 Å². The number of nitrogens with zero attached hydrogens (tertiary/aromatic N) is 1. The molecule has 2 N–H and O–H groups in total. The van der Waals surface area contributed by atoms with Gasteiger partial charge in [0.1, 0.15) is 11.8 Å². The number of carboxylic acid groups (broad SMARTS) is 1. The number of carboxylic acids is 1. The summed E-state index contributed by atoms with van der Waals surface area (Å²) in [5.74, 6) is -1.26. The van der Waals surface area contributed by atoms with Crippen LogP contribution in [0.2, 0.25) is 0 Å². The average molecular weight is 390 g/mol. The highest BCUT2D eigenvalue weighted by molar-refractivity contribution is 5.88. The van der Waals surface area contributed by atoms with E-state index in [1.165, 1.54) is 0 Å². The van der Waals surface area contributed by atoms with Crippen molar-refractivity contribution in [1.29, 1.82) is 0 Å². The quantitative estimate of drug-likeness (QED) is 0.674. The van der Waals surface area contributed by atoms with Crippen molar-refractivity contribution in [2.75, 3.05) is 19.7 Å². The standard InChI is InChI=1S/C21H30N2O5/c1-3-19(24)23-12-6-5-7-18(23)20(25)22-14-16(21(26)27)13-15-8-10-17(11-9-15)28-4-2/h8-11,16,18H,3-7,12-14H2,1-2H3,(H,22,25)(H,26,27). The van der Waals surface area contributed by atoms with Crippen molar-refractivity contribution < 1.29 is 24.2 Å². The zero-order valence-corrected chi connectivity index (χ0v) is 16.6. The number of carbonyl (C=O) groups is 3. The highest BCUT2D eigenvalue weighted by atomic mass is 16.5. The van der Waals surface area contributed by atoms with Gasteiger partial charge in [-0.2, -0.15) is 0 Å². The SMILES string of the molecule is CCOc1ccc(CC(CNC(=O)C2CCCCN2C(=O)CC)C(=O)O)cc1. The third-order valence-corrected chi connectivity index (χ3v) is 5.02. The lowest BCUT2D eigenvalue weighted by atomic mass is 9.98. The number of likely N-dealkylation sites (tertiary alicyclic amines) is 1. The molecule has 2 unspecified atom stereocenters. The number of hydrogen-bond acceptors (Lipinski definition) is 4. The first-order valence-corrected chi connectivity index (χ1v) is 9.98. The second kappa shape index (κ2) is 10.7. The molecule has 1 heterocycles. The Balaban J connectivity index is 1.95. The molecule has 2 rings (SSSR count). The number of hydrogen-bond donors (Lipinski definition) is 2. The van der Waals surface area contributed by atoms with Crippen molar-refractivity contribution in [3.63, 3.8) is 0 Å². The van der Waals surface area contributed by atoms with Crippen molar-refractivity contribution in [2.45, 2.75) is 52.0 Å². The number of nitrogens with one attached hydrogen (secondary N) is 1. The molecule has 7 heteroatoms. The molecule has 1 aromatic rings. The van der Waals surface area contributed by atoms with Crippen LogP contribution in [0.25, 0.3) is 0 Å². The van der Waals surface area contributed by atoms with Crippen molar-refractivity contribution in [3.05, 3.63) is 29.8 Å². The van der Waals surface area contributed by atoms with Crippen LogP contribution in [0.5, 0.6) is 5.75 Å². The monoisotopic (exact) mass is 390 g/mol. The number of benzene rings is 1. The Labute approximate surface area is 166 Å². The Bertz CT molecular complexity index is 674. The average Bonchev–Trinajstić information content (AvgIpc) is 2.71. The van der Waals surface area contributed by atoms with E-state index in [0.717, 1.165) is 24.2 Å². The van der Waals surface area contributed by atoms with Crippen LogP contribution in [-0.4, -0.2) is 53.5 Å². The second-order valence-corrected chi connectivity index (χ2v) is 7.01. The van der Waals surface area contributed by atoms with E-state index >= 15 is 0 Å². The first-order chi connectivity index (χ1) is 13.5. The van der Waals surface area contributed by atoms with Crippen molar-refractivity contribution in [2.24, 2.45) is 5.92 Å². The number of carbonyl (C=O) groups excluding carboxylic acids is 2. The number of amides is 2. The fourth-order valence-corrected chi connectivity index (χ4v) is 3.47. The zero-order chi connectivity index (χ0) is 20.5. The van der Waals surface area contributed by atoms with Gasteiger partial charge in [-0.25, -0.2) is 0 Å². The lowest BCUT2D eigenvalue weighted by Gasteiger charge is -2.34. The summed E-state index contributed by atoms with van der Waals surface area (Å²) in [6.45, 7) is 4.87. The molecule has 0 aromatic heterocycles. The first kappa shape index (κ1) is 21.7. The van der Waals surface area contributed by atoms with E-state index in [4.69, 9.17) is 4.74 Å². The summed E-state index contributed by atoms with van der Waals surface area (Å²) in [5, 5.41) is 12.3. The molecule has 1 aliphatic rings. The molecule has 28 heavy (non-hydrogen) atoms. The third kappa shape index (κ3) is 5.97. The smallest absolute Gasteiger partial charge is 0.308 e. The molecule has 154 valence electrons. The molecule has 1 saturated heterocycles. The number of rotatable bonds is 9. The Hall–Kier alpha value is -2.57. The summed E-state index contributed by atoms with van der Waals surface area (Å²) < 4.78 is 5.39. The summed E-state index contributed by atoms with van der Waals surface area (Å²) in [5.41, 5.74) is 0.866. The molecule has 2 atom stereocenters. The molecule has 1 aliphatic heterocycles. The summed E-state index contributed by atoms with van der Waals surface area (Å²) in [6.07, 6.45) is 3.07. The molecule has 0 radical (unpaired) electrons. The van der Waals surface area contributed by atoms with Crippen LogP contribution in [0.15, 0.2) is 24.3 Å². The van der Waals surface area contributed by atoms with Crippen LogP contribution in [0, 0.1) is 5.92 Å². The number of ether oxygens (including phenoxy) is 1. The van der Waals surface area contributed by atoms with Crippen LogP contribution in [-0.2, 0) is 20.8 Å². The molecule has 7 nitrogen and oxygen atoms in total. The molecule has 1 aromatic carbocycles. The Morgan fingerprint density at radius 3 is 2.54 bits per heavy atom. The molecule has 0 spiro atoms. The lowest BCUT2D eigenvalue weighted by Crippen LogP contribution is -2.52. The van der Waals surface area contributed by atoms with Gasteiger partial charge in [0.15, 0.2) is 0 Å². The minimum absolute atomic E-state index is 0.0338. The van der Waals surface area contributed by atoms with Crippen LogP contribution in [0.1, 0.15) is 45.1 Å². The Morgan fingerprint density at radius 1 is 1.21 bits per heavy atom. The van der Waals surface area contributed by atoms with Crippen molar-refractivity contribution in [3.8, 4) is 5.75 Å². The van der Waals surface area contributed by atoms with Gasteiger partial charge in [-0.15, -0.1) is 0 Å². The maximum Gasteiger partial charge on any atom is 0.308 e. The van der Waals surface area contributed by atoms with Gasteiger partial charge in [0.25, 0.3) is 0 Å². The van der Waals surface area contributed by atoms with Crippen molar-refractivity contribution >= 4 is 17.8 Å². The van der Waals surface area contributed by atoms with Gasteiger partial charge in [0.05, 0.1) is 12.5 Å². The Morgan fingerprint density at radius 2 is 1.93 bits per heavy atom. The second-order valence-electron chi connectivity index (χ2n) is 7.01. The molecular weight excluding hydrogens is 360 g/mol. The molecule has 2 amide bonds. The highest BCUT2D eigenvalue weighted by Crippen LogP contribution is 2.19. The lowest BCUT2D eigenvalue weighted by molar-refractivity contribution is -0.144. The van der Waals surface area contributed by atoms with E-state index in [2.05, 4.69) is 5.32 Å². The summed E-state index contributed by atoms with van der Waals surface area (Å²) in [7, 11) is 0. The van der Waals surface area contributed by atoms with Crippen LogP contribution in [0.4, 0.5) is 0 Å². The van der Waals surface area contributed by atoms with Gasteiger partial charge in [-0.05, 0) is 50.3 Å². The van der Waals surface area contributed by atoms with E-state index in [9.17, 15) is 19.5 Å². The predicted octanol–water partition coefficient (Wildman–Crippen LogP) is 2.24. The van der Waals surface area contributed by atoms with Gasteiger partial charge in [-0.1, -0.05) is 19.1 Å². The maximum atomic E-state index is 12.6. The molecule has 0 saturated carbocycles. The van der Waals surface area contributed by atoms with E-state index in [1.807, 2.05) is 31.2 Å². The number of piperidine rings is 1. The van der Waals surface area contributed by atoms with E-state index in [1.54, 1.807) is 11.8 Å². The minimum atomic E-state index is -0.959. The van der Waals surface area contributed by atoms with Gasteiger partial charge in [-0.3, -0.25) is 14.4 Å². The fourth-order valence-electron chi connectivity index (χ4n) is 3.47. The van der Waals surface area contributed by atoms with Crippen molar-refractivity contribution in [1.82, 2.24) is 10.2 Å². The largest absolute Gasteiger partial charge is 0.494 e. The summed E-state index contributed by atoms with van der Waals surface area (Å²) in [6, 6.07) is 6.80. The van der Waals surface area contributed by atoms with Gasteiger partial charge in [0, 0.05) is 19.5 Å². The van der Waals surface area contributed by atoms with Crippen LogP contribution in [0.3, 0.4) is 0 Å². The topological polar surface area (TPSA) is 95.9 Å². The maximum absolute atomic E-state index is 12.6. The van der Waals surface area contributed by atoms with E-state index in [-0.39, 0.29) is 18.4 Å². The van der Waals surface area contributed by atoms with Gasteiger partial charge < -0.3 is 20.1 Å². The van der Waals surface area contributed by atoms with E-state index < -0.39 is 17.9 Å².